The van der Waals surface area contributed by atoms with E-state index >= 15 is 0 Å². The molecule has 1 aromatic heterocycles. The van der Waals surface area contributed by atoms with Crippen LogP contribution in [-0.2, 0) is 10.3 Å². The lowest BCUT2D eigenvalue weighted by Gasteiger charge is -2.02. The lowest BCUT2D eigenvalue weighted by molar-refractivity contribution is 0.398. The van der Waals surface area contributed by atoms with Crippen LogP contribution < -0.4 is 9.46 Å². The zero-order valence-corrected chi connectivity index (χ0v) is 7.58. The summed E-state index contributed by atoms with van der Waals surface area (Å²) in [6.45, 7) is 0. The van der Waals surface area contributed by atoms with Crippen molar-refractivity contribution in [2.75, 3.05) is 11.8 Å². The molecule has 7 heteroatoms. The van der Waals surface area contributed by atoms with E-state index in [9.17, 15) is 8.42 Å². The highest BCUT2D eigenvalue weighted by Gasteiger charge is 2.03. The molecule has 0 fully saturated rings. The second-order valence-corrected chi connectivity index (χ2v) is 3.32. The first kappa shape index (κ1) is 9.75. The van der Waals surface area contributed by atoms with Crippen molar-refractivity contribution < 1.29 is 17.7 Å². The minimum atomic E-state index is -4.23. The Bertz CT molecular complexity index is 372. The third-order valence-electron chi connectivity index (χ3n) is 1.19. The van der Waals surface area contributed by atoms with Gasteiger partial charge in [0.15, 0.2) is 0 Å². The molecule has 0 aliphatic carbocycles. The normalized spacial score (nSPS) is 10.9. The van der Waals surface area contributed by atoms with Crippen molar-refractivity contribution in [3.8, 4) is 5.88 Å². The van der Waals surface area contributed by atoms with Gasteiger partial charge >= 0.3 is 10.3 Å². The quantitative estimate of drug-likeness (QED) is 0.691. The van der Waals surface area contributed by atoms with Crippen LogP contribution in [0.1, 0.15) is 0 Å². The summed E-state index contributed by atoms with van der Waals surface area (Å²) in [5.41, 5.74) is 0.170. The van der Waals surface area contributed by atoms with Gasteiger partial charge in [-0.25, -0.2) is 4.98 Å². The molecule has 0 amide bonds. The van der Waals surface area contributed by atoms with E-state index in [-0.39, 0.29) is 5.69 Å². The average Bonchev–Trinajstić information content (AvgIpc) is 2.03. The predicted molar refractivity (Wildman–Crippen MR) is 46.0 cm³/mol. The summed E-state index contributed by atoms with van der Waals surface area (Å²) >= 11 is 0. The Hall–Kier alpha value is -1.34. The van der Waals surface area contributed by atoms with E-state index in [1.165, 1.54) is 25.4 Å². The number of aromatic nitrogens is 1. The average molecular weight is 204 g/mol. The van der Waals surface area contributed by atoms with Gasteiger partial charge in [-0.2, -0.15) is 8.42 Å². The third kappa shape index (κ3) is 3.26. The molecule has 6 nitrogen and oxygen atoms in total. The highest BCUT2D eigenvalue weighted by Crippen LogP contribution is 2.11. The summed E-state index contributed by atoms with van der Waals surface area (Å²) < 4.78 is 35.7. The van der Waals surface area contributed by atoms with Crippen molar-refractivity contribution >= 4 is 16.0 Å². The van der Waals surface area contributed by atoms with Crippen molar-refractivity contribution in [2.24, 2.45) is 0 Å². The molecule has 0 bridgehead atoms. The number of hydrogen-bond acceptors (Lipinski definition) is 4. The Labute approximate surface area is 75.4 Å². The summed E-state index contributed by atoms with van der Waals surface area (Å²) in [5, 5.41) is 0. The monoisotopic (exact) mass is 204 g/mol. The van der Waals surface area contributed by atoms with Gasteiger partial charge in [0.25, 0.3) is 0 Å². The molecule has 0 saturated carbocycles. The second kappa shape index (κ2) is 3.58. The van der Waals surface area contributed by atoms with Crippen molar-refractivity contribution in [1.82, 2.24) is 4.98 Å². The van der Waals surface area contributed by atoms with Crippen LogP contribution in [0.3, 0.4) is 0 Å². The highest BCUT2D eigenvalue weighted by molar-refractivity contribution is 7.87. The van der Waals surface area contributed by atoms with Gasteiger partial charge in [-0.05, 0) is 6.07 Å². The molecule has 0 unspecified atom stereocenters. The number of nitrogens with zero attached hydrogens (tertiary/aromatic N) is 1. The first-order valence-corrected chi connectivity index (χ1v) is 4.70. The molecule has 0 aliphatic heterocycles. The predicted octanol–water partition coefficient (Wildman–Crippen LogP) is 0.305. The number of pyridine rings is 1. The van der Waals surface area contributed by atoms with Crippen LogP contribution in [-0.4, -0.2) is 25.1 Å². The first-order valence-electron chi connectivity index (χ1n) is 3.26. The molecule has 13 heavy (non-hydrogen) atoms. The lowest BCUT2D eigenvalue weighted by atomic mass is 10.4. The maximum absolute atomic E-state index is 10.3. The van der Waals surface area contributed by atoms with E-state index < -0.39 is 10.3 Å². The number of ether oxygens (including phenoxy) is 1. The summed E-state index contributed by atoms with van der Waals surface area (Å²) in [5.74, 6) is 0.362. The van der Waals surface area contributed by atoms with Crippen molar-refractivity contribution in [3.63, 3.8) is 0 Å². The van der Waals surface area contributed by atoms with E-state index in [0.29, 0.717) is 5.88 Å². The topological polar surface area (TPSA) is 88.5 Å². The van der Waals surface area contributed by atoms with Crippen LogP contribution in [0.15, 0.2) is 18.3 Å². The van der Waals surface area contributed by atoms with E-state index in [2.05, 4.69) is 4.98 Å². The summed E-state index contributed by atoms with van der Waals surface area (Å²) in [7, 11) is -2.78. The summed E-state index contributed by atoms with van der Waals surface area (Å²) in [4.78, 5) is 3.72. The van der Waals surface area contributed by atoms with E-state index in [1.807, 2.05) is 4.72 Å². The van der Waals surface area contributed by atoms with Gasteiger partial charge in [0, 0.05) is 6.07 Å². The molecule has 1 rings (SSSR count). The number of nitrogens with one attached hydrogen (secondary N) is 1. The number of methoxy groups -OCH3 is 1. The Morgan fingerprint density at radius 1 is 1.54 bits per heavy atom. The minimum absolute atomic E-state index is 0.170. The van der Waals surface area contributed by atoms with Gasteiger partial charge in [0.1, 0.15) is 0 Å². The van der Waals surface area contributed by atoms with E-state index in [0.717, 1.165) is 0 Å². The van der Waals surface area contributed by atoms with Gasteiger partial charge < -0.3 is 4.74 Å². The molecule has 0 aromatic carbocycles. The van der Waals surface area contributed by atoms with E-state index in [4.69, 9.17) is 9.29 Å². The highest BCUT2D eigenvalue weighted by atomic mass is 32.2. The van der Waals surface area contributed by atoms with Gasteiger partial charge in [-0.1, -0.05) is 0 Å². The third-order valence-corrected chi connectivity index (χ3v) is 1.69. The fourth-order valence-electron chi connectivity index (χ4n) is 0.710. The van der Waals surface area contributed by atoms with Crippen molar-refractivity contribution in [2.45, 2.75) is 0 Å². The Kier molecular flexibility index (Phi) is 2.69. The number of anilines is 1. The molecule has 0 spiro atoms. The van der Waals surface area contributed by atoms with Crippen molar-refractivity contribution in [3.05, 3.63) is 18.3 Å². The first-order chi connectivity index (χ1) is 6.01. The zero-order valence-electron chi connectivity index (χ0n) is 6.76. The van der Waals surface area contributed by atoms with Crippen molar-refractivity contribution in [1.29, 1.82) is 0 Å². The number of hydrogen-bond donors (Lipinski definition) is 2. The fraction of sp³-hybridized carbons (Fsp3) is 0.167. The SMILES string of the molecule is COc1ccc(NS(=O)(=O)O)cn1. The molecule has 0 saturated heterocycles. The number of rotatable bonds is 3. The molecule has 0 aliphatic rings. The molecule has 72 valence electrons. The van der Waals surface area contributed by atoms with Crippen LogP contribution in [0, 0.1) is 0 Å². The van der Waals surface area contributed by atoms with Gasteiger partial charge in [0.2, 0.25) is 5.88 Å². The Balaban J connectivity index is 2.81. The molecule has 2 N–H and O–H groups in total. The summed E-state index contributed by atoms with van der Waals surface area (Å²) in [6.07, 6.45) is 1.23. The largest absolute Gasteiger partial charge is 0.481 e. The lowest BCUT2D eigenvalue weighted by Crippen LogP contribution is -2.10. The Morgan fingerprint density at radius 2 is 2.23 bits per heavy atom. The molecular formula is C6H8N2O4S. The smallest absolute Gasteiger partial charge is 0.357 e. The minimum Gasteiger partial charge on any atom is -0.481 e. The summed E-state index contributed by atoms with van der Waals surface area (Å²) in [6, 6.07) is 2.88. The van der Waals surface area contributed by atoms with Gasteiger partial charge in [-0.3, -0.25) is 9.27 Å². The Morgan fingerprint density at radius 3 is 2.62 bits per heavy atom. The maximum Gasteiger partial charge on any atom is 0.357 e. The molecular weight excluding hydrogens is 196 g/mol. The van der Waals surface area contributed by atoms with Crippen LogP contribution in [0.25, 0.3) is 0 Å². The van der Waals surface area contributed by atoms with Crippen LogP contribution >= 0.6 is 0 Å². The van der Waals surface area contributed by atoms with Gasteiger partial charge in [0.05, 0.1) is 19.0 Å². The van der Waals surface area contributed by atoms with E-state index in [1.54, 1.807) is 0 Å². The molecule has 0 radical (unpaired) electrons. The zero-order chi connectivity index (χ0) is 9.90. The molecule has 1 aromatic rings. The molecule has 0 atom stereocenters. The second-order valence-electron chi connectivity index (χ2n) is 2.17. The van der Waals surface area contributed by atoms with Crippen LogP contribution in [0.2, 0.25) is 0 Å². The standard InChI is InChI=1S/C6H8N2O4S/c1-12-6-3-2-5(4-7-6)8-13(9,10)11/h2-4,8H,1H3,(H,9,10,11). The van der Waals surface area contributed by atoms with Gasteiger partial charge in [-0.15, -0.1) is 0 Å². The van der Waals surface area contributed by atoms with Crippen LogP contribution in [0.4, 0.5) is 5.69 Å². The molecule has 1 heterocycles. The fourth-order valence-corrected chi connectivity index (χ4v) is 1.13. The maximum atomic E-state index is 10.3. The van der Waals surface area contributed by atoms with Crippen LogP contribution in [0.5, 0.6) is 5.88 Å².